The van der Waals surface area contributed by atoms with Gasteiger partial charge in [-0.05, 0) is 36.1 Å². The molecule has 0 radical (unpaired) electrons. The van der Waals surface area contributed by atoms with Crippen molar-refractivity contribution in [2.24, 2.45) is 0 Å². The van der Waals surface area contributed by atoms with Crippen LogP contribution in [0.4, 0.5) is 5.69 Å². The Morgan fingerprint density at radius 3 is 2.55 bits per heavy atom. The standard InChI is InChI=1S/C27H22N4O6S/c1-2-36-27(33)23-24(37-17-18-6-4-3-5-7-18)26(32)29(22-12-13-38-25(22)23)15-19-14-28-30(16-19)20-8-10-21(11-9-20)31(34)35/h3-14,16H,2,15,17H2,1H3. The van der Waals surface area contributed by atoms with Crippen molar-refractivity contribution in [1.82, 2.24) is 14.3 Å². The van der Waals surface area contributed by atoms with Gasteiger partial charge in [0, 0.05) is 23.9 Å². The van der Waals surface area contributed by atoms with Crippen LogP contribution in [0.25, 0.3) is 15.9 Å². The first-order valence-electron chi connectivity index (χ1n) is 11.7. The van der Waals surface area contributed by atoms with E-state index in [1.807, 2.05) is 35.7 Å². The zero-order valence-corrected chi connectivity index (χ0v) is 21.1. The summed E-state index contributed by atoms with van der Waals surface area (Å²) in [6.07, 6.45) is 3.37. The van der Waals surface area contributed by atoms with Crippen LogP contribution in [0.2, 0.25) is 0 Å². The minimum atomic E-state index is -0.613. The highest BCUT2D eigenvalue weighted by atomic mass is 32.1. The lowest BCUT2D eigenvalue weighted by Crippen LogP contribution is -2.26. The molecule has 0 fully saturated rings. The van der Waals surface area contributed by atoms with Crippen LogP contribution in [0.15, 0.2) is 83.2 Å². The van der Waals surface area contributed by atoms with E-state index in [0.29, 0.717) is 15.9 Å². The highest BCUT2D eigenvalue weighted by Crippen LogP contribution is 2.31. The number of esters is 1. The molecule has 0 N–H and O–H groups in total. The molecule has 0 aliphatic carbocycles. The maximum absolute atomic E-state index is 13.8. The summed E-state index contributed by atoms with van der Waals surface area (Å²) in [4.78, 5) is 37.2. The van der Waals surface area contributed by atoms with Crippen LogP contribution < -0.4 is 10.3 Å². The molecule has 0 spiro atoms. The predicted molar refractivity (Wildman–Crippen MR) is 142 cm³/mol. The van der Waals surface area contributed by atoms with Crippen molar-refractivity contribution in [2.75, 3.05) is 6.61 Å². The van der Waals surface area contributed by atoms with Crippen molar-refractivity contribution < 1.29 is 19.2 Å². The highest BCUT2D eigenvalue weighted by molar-refractivity contribution is 7.17. The van der Waals surface area contributed by atoms with Gasteiger partial charge in [-0.25, -0.2) is 9.48 Å². The van der Waals surface area contributed by atoms with E-state index in [4.69, 9.17) is 9.47 Å². The number of aromatic nitrogens is 3. The summed E-state index contributed by atoms with van der Waals surface area (Å²) in [6, 6.07) is 17.2. The van der Waals surface area contributed by atoms with E-state index in [1.54, 1.807) is 46.8 Å². The number of nitrogens with zero attached hydrogens (tertiary/aromatic N) is 4. The molecule has 0 atom stereocenters. The Bertz CT molecular complexity index is 1670. The number of fused-ring (bicyclic) bond motifs is 1. The number of carbonyl (C=O) groups is 1. The summed E-state index contributed by atoms with van der Waals surface area (Å²) in [5, 5.41) is 17.1. The number of ether oxygens (including phenoxy) is 2. The molecule has 0 amide bonds. The second-order valence-corrected chi connectivity index (χ2v) is 9.21. The van der Waals surface area contributed by atoms with Crippen LogP contribution in [0.5, 0.6) is 5.75 Å². The first kappa shape index (κ1) is 24.9. The number of pyridine rings is 1. The second kappa shape index (κ2) is 10.7. The molecule has 0 saturated carbocycles. The second-order valence-electron chi connectivity index (χ2n) is 8.29. The lowest BCUT2D eigenvalue weighted by atomic mass is 10.2. The fraction of sp³-hybridized carbons (Fsp3) is 0.148. The zero-order valence-electron chi connectivity index (χ0n) is 20.3. The molecule has 2 aromatic carbocycles. The van der Waals surface area contributed by atoms with Crippen LogP contribution >= 0.6 is 11.3 Å². The van der Waals surface area contributed by atoms with E-state index in [-0.39, 0.29) is 36.8 Å². The van der Waals surface area contributed by atoms with Gasteiger partial charge in [-0.1, -0.05) is 30.3 Å². The molecule has 0 saturated heterocycles. The summed E-state index contributed by atoms with van der Waals surface area (Å²) in [7, 11) is 0. The average Bonchev–Trinajstić information content (AvgIpc) is 3.60. The van der Waals surface area contributed by atoms with Crippen LogP contribution in [-0.2, 0) is 17.9 Å². The van der Waals surface area contributed by atoms with Gasteiger partial charge in [0.2, 0.25) is 5.75 Å². The minimum absolute atomic E-state index is 0.0164. The Balaban J connectivity index is 1.53. The molecule has 5 aromatic rings. The summed E-state index contributed by atoms with van der Waals surface area (Å²) in [5.74, 6) is -0.678. The van der Waals surface area contributed by atoms with Gasteiger partial charge in [0.25, 0.3) is 11.2 Å². The van der Waals surface area contributed by atoms with Crippen molar-refractivity contribution in [3.8, 4) is 11.4 Å². The highest BCUT2D eigenvalue weighted by Gasteiger charge is 2.26. The molecule has 10 nitrogen and oxygen atoms in total. The summed E-state index contributed by atoms with van der Waals surface area (Å²) in [5.41, 5.74) is 2.43. The molecule has 3 heterocycles. The molecule has 5 rings (SSSR count). The van der Waals surface area contributed by atoms with Gasteiger partial charge in [0.1, 0.15) is 12.2 Å². The largest absolute Gasteiger partial charge is 0.482 e. The number of nitro benzene ring substituents is 1. The van der Waals surface area contributed by atoms with Crippen LogP contribution in [-0.4, -0.2) is 31.8 Å². The molecular weight excluding hydrogens is 508 g/mol. The summed E-state index contributed by atoms with van der Waals surface area (Å²) < 4.78 is 15.0. The van der Waals surface area contributed by atoms with Crippen molar-refractivity contribution in [1.29, 1.82) is 0 Å². The van der Waals surface area contributed by atoms with Crippen LogP contribution in [0.3, 0.4) is 0 Å². The van der Waals surface area contributed by atoms with Gasteiger partial charge in [0.05, 0.1) is 40.2 Å². The molecule has 0 unspecified atom stereocenters. The Morgan fingerprint density at radius 1 is 1.08 bits per heavy atom. The SMILES string of the molecule is CCOC(=O)c1c(OCc2ccccc2)c(=O)n(Cc2cnn(-c3ccc([N+](=O)[O-])cc3)c2)c2ccsc12. The number of carbonyl (C=O) groups excluding carboxylic acids is 1. The van der Waals surface area contributed by atoms with Crippen molar-refractivity contribution in [3.63, 3.8) is 0 Å². The van der Waals surface area contributed by atoms with Gasteiger partial charge in [-0.2, -0.15) is 5.10 Å². The van der Waals surface area contributed by atoms with Crippen molar-refractivity contribution in [2.45, 2.75) is 20.1 Å². The molecular formula is C27H22N4O6S. The van der Waals surface area contributed by atoms with Gasteiger partial charge < -0.3 is 9.47 Å². The number of rotatable bonds is 9. The Hall–Kier alpha value is -4.77. The first-order valence-corrected chi connectivity index (χ1v) is 12.6. The van der Waals surface area contributed by atoms with E-state index < -0.39 is 16.5 Å². The number of hydrogen-bond donors (Lipinski definition) is 0. The fourth-order valence-electron chi connectivity index (χ4n) is 4.05. The third-order valence-corrected chi connectivity index (χ3v) is 6.76. The molecule has 3 aromatic heterocycles. The van der Waals surface area contributed by atoms with Crippen LogP contribution in [0.1, 0.15) is 28.4 Å². The van der Waals surface area contributed by atoms with E-state index in [9.17, 15) is 19.7 Å². The molecule has 11 heteroatoms. The maximum Gasteiger partial charge on any atom is 0.343 e. The van der Waals surface area contributed by atoms with Gasteiger partial charge in [-0.3, -0.25) is 19.5 Å². The quantitative estimate of drug-likeness (QED) is 0.150. The predicted octanol–water partition coefficient (Wildman–Crippen LogP) is 4.96. The lowest BCUT2D eigenvalue weighted by molar-refractivity contribution is -0.384. The Morgan fingerprint density at radius 2 is 1.84 bits per heavy atom. The summed E-state index contributed by atoms with van der Waals surface area (Å²) >= 11 is 1.33. The smallest absolute Gasteiger partial charge is 0.343 e. The number of non-ortho nitro benzene ring substituents is 1. The topological polar surface area (TPSA) is 118 Å². The lowest BCUT2D eigenvalue weighted by Gasteiger charge is -2.15. The molecule has 192 valence electrons. The molecule has 0 bridgehead atoms. The van der Waals surface area contributed by atoms with Gasteiger partial charge in [0.15, 0.2) is 0 Å². The number of benzene rings is 2. The normalized spacial score (nSPS) is 11.0. The summed E-state index contributed by atoms with van der Waals surface area (Å²) in [6.45, 7) is 2.15. The molecule has 0 aliphatic heterocycles. The van der Waals surface area contributed by atoms with Crippen LogP contribution in [0, 0.1) is 10.1 Å². The number of nitro groups is 1. The number of thiophene rings is 1. The minimum Gasteiger partial charge on any atom is -0.482 e. The van der Waals surface area contributed by atoms with Crippen molar-refractivity contribution in [3.05, 3.63) is 116 Å². The van der Waals surface area contributed by atoms with E-state index in [1.165, 1.54) is 23.5 Å². The monoisotopic (exact) mass is 530 g/mol. The molecule has 38 heavy (non-hydrogen) atoms. The van der Waals surface area contributed by atoms with E-state index in [2.05, 4.69) is 5.10 Å². The van der Waals surface area contributed by atoms with E-state index >= 15 is 0 Å². The number of hydrogen-bond acceptors (Lipinski definition) is 8. The third kappa shape index (κ3) is 4.91. The Kier molecular flexibility index (Phi) is 7.00. The average molecular weight is 531 g/mol. The van der Waals surface area contributed by atoms with Gasteiger partial charge >= 0.3 is 5.97 Å². The maximum atomic E-state index is 13.8. The third-order valence-electron chi connectivity index (χ3n) is 5.84. The van der Waals surface area contributed by atoms with Gasteiger partial charge in [-0.15, -0.1) is 11.3 Å². The fourth-order valence-corrected chi connectivity index (χ4v) is 4.97. The molecule has 0 aliphatic rings. The first-order chi connectivity index (χ1) is 18.5. The van der Waals surface area contributed by atoms with Crippen molar-refractivity contribution >= 4 is 33.2 Å². The Labute approximate surface area is 220 Å². The van der Waals surface area contributed by atoms with E-state index in [0.717, 1.165) is 11.1 Å². The zero-order chi connectivity index (χ0) is 26.6.